The minimum atomic E-state index is -0.864. The van der Waals surface area contributed by atoms with E-state index in [0.29, 0.717) is 18.5 Å². The monoisotopic (exact) mass is 331 g/mol. The van der Waals surface area contributed by atoms with Gasteiger partial charge in [-0.15, -0.1) is 5.10 Å². The number of aromatic nitrogens is 3. The van der Waals surface area contributed by atoms with Crippen molar-refractivity contribution in [1.82, 2.24) is 25.6 Å². The summed E-state index contributed by atoms with van der Waals surface area (Å²) < 4.78 is 1.67. The van der Waals surface area contributed by atoms with Gasteiger partial charge in [-0.25, -0.2) is 9.48 Å². The summed E-state index contributed by atoms with van der Waals surface area (Å²) in [4.78, 5) is 12.0. The van der Waals surface area contributed by atoms with E-state index >= 15 is 0 Å². The number of benzene rings is 1. The normalized spacial score (nSPS) is 12.7. The van der Waals surface area contributed by atoms with Gasteiger partial charge in [-0.1, -0.05) is 37.3 Å². The molecule has 0 aliphatic rings. The van der Waals surface area contributed by atoms with Gasteiger partial charge in [0, 0.05) is 6.54 Å². The first-order chi connectivity index (χ1) is 11.5. The van der Waals surface area contributed by atoms with Gasteiger partial charge >= 0.3 is 6.03 Å². The van der Waals surface area contributed by atoms with E-state index in [1.807, 2.05) is 51.1 Å². The van der Waals surface area contributed by atoms with Crippen molar-refractivity contribution in [3.63, 3.8) is 0 Å². The topological polar surface area (TPSA) is 92.1 Å². The molecule has 24 heavy (non-hydrogen) atoms. The van der Waals surface area contributed by atoms with Gasteiger partial charge in [-0.2, -0.15) is 0 Å². The zero-order valence-corrected chi connectivity index (χ0v) is 14.4. The lowest BCUT2D eigenvalue weighted by atomic mass is 9.98. The summed E-state index contributed by atoms with van der Waals surface area (Å²) >= 11 is 0. The second-order valence-electron chi connectivity index (χ2n) is 5.90. The lowest BCUT2D eigenvalue weighted by molar-refractivity contribution is 0.0349. The first-order valence-electron chi connectivity index (χ1n) is 8.22. The Labute approximate surface area is 142 Å². The van der Waals surface area contributed by atoms with Crippen molar-refractivity contribution < 1.29 is 9.90 Å². The molecule has 0 radical (unpaired) electrons. The van der Waals surface area contributed by atoms with E-state index < -0.39 is 5.60 Å². The Kier molecular flexibility index (Phi) is 5.92. The lowest BCUT2D eigenvalue weighted by Gasteiger charge is -2.25. The second-order valence-corrected chi connectivity index (χ2v) is 5.90. The first-order valence-corrected chi connectivity index (χ1v) is 8.22. The van der Waals surface area contributed by atoms with Crippen LogP contribution in [0.25, 0.3) is 5.69 Å². The van der Waals surface area contributed by atoms with Crippen LogP contribution in [-0.4, -0.2) is 38.3 Å². The third-order valence-electron chi connectivity index (χ3n) is 4.22. The molecule has 1 atom stereocenters. The van der Waals surface area contributed by atoms with Gasteiger partial charge in [0.15, 0.2) is 0 Å². The molecule has 3 N–H and O–H groups in total. The van der Waals surface area contributed by atoms with Gasteiger partial charge in [0.05, 0.1) is 23.5 Å². The van der Waals surface area contributed by atoms with Crippen LogP contribution in [0, 0.1) is 0 Å². The van der Waals surface area contributed by atoms with Crippen molar-refractivity contribution >= 4 is 6.03 Å². The summed E-state index contributed by atoms with van der Waals surface area (Å²) in [5, 5.41) is 23.9. The van der Waals surface area contributed by atoms with E-state index in [1.165, 1.54) is 0 Å². The van der Waals surface area contributed by atoms with Crippen LogP contribution in [0.1, 0.15) is 45.3 Å². The SMILES string of the molecule is CCC(O)(CC)CNC(=O)NC(C)c1cn(-c2ccccc2)nn1. The average Bonchev–Trinajstić information content (AvgIpc) is 3.11. The highest BCUT2D eigenvalue weighted by Gasteiger charge is 2.23. The molecule has 0 saturated carbocycles. The average molecular weight is 331 g/mol. The Hall–Kier alpha value is -2.41. The molecule has 7 heteroatoms. The molecule has 1 unspecified atom stereocenters. The molecule has 0 fully saturated rings. The van der Waals surface area contributed by atoms with Gasteiger partial charge in [-0.05, 0) is 31.9 Å². The van der Waals surface area contributed by atoms with Crippen LogP contribution >= 0.6 is 0 Å². The summed E-state index contributed by atoms with van der Waals surface area (Å²) in [6.07, 6.45) is 2.96. The molecule has 1 aromatic heterocycles. The highest BCUT2D eigenvalue weighted by Crippen LogP contribution is 2.14. The highest BCUT2D eigenvalue weighted by atomic mass is 16.3. The lowest BCUT2D eigenvalue weighted by Crippen LogP contribution is -2.46. The number of carbonyl (C=O) groups is 1. The maximum atomic E-state index is 12.0. The number of carbonyl (C=O) groups excluding carboxylic acids is 1. The summed E-state index contributed by atoms with van der Waals surface area (Å²) in [7, 11) is 0. The Bertz CT molecular complexity index is 652. The molecule has 0 aliphatic heterocycles. The number of aliphatic hydroxyl groups is 1. The van der Waals surface area contributed by atoms with E-state index in [1.54, 1.807) is 10.9 Å². The number of amides is 2. The van der Waals surface area contributed by atoms with E-state index in [4.69, 9.17) is 0 Å². The van der Waals surface area contributed by atoms with E-state index in [9.17, 15) is 9.90 Å². The highest BCUT2D eigenvalue weighted by molar-refractivity contribution is 5.74. The molecular weight excluding hydrogens is 306 g/mol. The Morgan fingerprint density at radius 2 is 1.96 bits per heavy atom. The smallest absolute Gasteiger partial charge is 0.315 e. The number of para-hydroxylation sites is 1. The number of hydrogen-bond donors (Lipinski definition) is 3. The van der Waals surface area contributed by atoms with Crippen molar-refractivity contribution in [2.45, 2.75) is 45.3 Å². The molecule has 2 amide bonds. The van der Waals surface area contributed by atoms with E-state index in [-0.39, 0.29) is 18.6 Å². The number of rotatable bonds is 7. The fraction of sp³-hybridized carbons (Fsp3) is 0.471. The van der Waals surface area contributed by atoms with Crippen LogP contribution < -0.4 is 10.6 Å². The standard InChI is InChI=1S/C17H25N5O2/c1-4-17(24,5-2)12-18-16(23)19-13(3)15-11-22(21-20-15)14-9-7-6-8-10-14/h6-11,13,24H,4-5,12H2,1-3H3,(H2,18,19,23). The van der Waals surface area contributed by atoms with Crippen LogP contribution in [0.5, 0.6) is 0 Å². The maximum absolute atomic E-state index is 12.0. The third kappa shape index (κ3) is 4.55. The largest absolute Gasteiger partial charge is 0.388 e. The van der Waals surface area contributed by atoms with E-state index in [2.05, 4.69) is 20.9 Å². The third-order valence-corrected chi connectivity index (χ3v) is 4.22. The van der Waals surface area contributed by atoms with Gasteiger partial charge in [-0.3, -0.25) is 0 Å². The van der Waals surface area contributed by atoms with Gasteiger partial charge in [0.25, 0.3) is 0 Å². The molecular formula is C17H25N5O2. The summed E-state index contributed by atoms with van der Waals surface area (Å²) in [6, 6.07) is 9.02. The van der Waals surface area contributed by atoms with Crippen LogP contribution in [0.3, 0.4) is 0 Å². The quantitative estimate of drug-likeness (QED) is 0.725. The Balaban J connectivity index is 1.92. The van der Waals surface area contributed by atoms with Crippen LogP contribution in [0.2, 0.25) is 0 Å². The molecule has 2 rings (SSSR count). The number of urea groups is 1. The fourth-order valence-electron chi connectivity index (χ4n) is 2.25. The Morgan fingerprint density at radius 3 is 2.58 bits per heavy atom. The molecule has 0 spiro atoms. The summed E-state index contributed by atoms with van der Waals surface area (Å²) in [6.45, 7) is 5.85. The molecule has 0 bridgehead atoms. The van der Waals surface area contributed by atoms with Crippen molar-refractivity contribution in [2.75, 3.05) is 6.54 Å². The van der Waals surface area contributed by atoms with Crippen LogP contribution in [0.15, 0.2) is 36.5 Å². The predicted octanol–water partition coefficient (Wildman–Crippen LogP) is 2.18. The molecule has 0 saturated heterocycles. The number of hydrogen-bond acceptors (Lipinski definition) is 4. The van der Waals surface area contributed by atoms with Crippen molar-refractivity contribution in [3.8, 4) is 5.69 Å². The number of nitrogens with one attached hydrogen (secondary N) is 2. The molecule has 7 nitrogen and oxygen atoms in total. The number of nitrogens with zero attached hydrogens (tertiary/aromatic N) is 3. The van der Waals surface area contributed by atoms with Crippen molar-refractivity contribution in [1.29, 1.82) is 0 Å². The fourth-order valence-corrected chi connectivity index (χ4v) is 2.25. The Morgan fingerprint density at radius 1 is 1.29 bits per heavy atom. The molecule has 1 heterocycles. The van der Waals surface area contributed by atoms with E-state index in [0.717, 1.165) is 5.69 Å². The van der Waals surface area contributed by atoms with Gasteiger partial charge in [0.2, 0.25) is 0 Å². The van der Waals surface area contributed by atoms with Crippen molar-refractivity contribution in [2.24, 2.45) is 0 Å². The molecule has 130 valence electrons. The molecule has 2 aromatic rings. The van der Waals surface area contributed by atoms with Gasteiger partial charge in [0.1, 0.15) is 5.69 Å². The van der Waals surface area contributed by atoms with Crippen LogP contribution in [0.4, 0.5) is 4.79 Å². The summed E-state index contributed by atoms with van der Waals surface area (Å²) in [5.41, 5.74) is 0.705. The summed E-state index contributed by atoms with van der Waals surface area (Å²) in [5.74, 6) is 0. The first kappa shape index (κ1) is 17.9. The zero-order valence-electron chi connectivity index (χ0n) is 14.4. The predicted molar refractivity (Wildman–Crippen MR) is 91.8 cm³/mol. The molecule has 1 aromatic carbocycles. The van der Waals surface area contributed by atoms with Crippen molar-refractivity contribution in [3.05, 3.63) is 42.2 Å². The second kappa shape index (κ2) is 7.92. The maximum Gasteiger partial charge on any atom is 0.315 e. The van der Waals surface area contributed by atoms with Crippen LogP contribution in [-0.2, 0) is 0 Å². The minimum absolute atomic E-state index is 0.218. The minimum Gasteiger partial charge on any atom is -0.388 e. The zero-order chi connectivity index (χ0) is 17.6. The van der Waals surface area contributed by atoms with Gasteiger partial charge < -0.3 is 15.7 Å². The molecule has 0 aliphatic carbocycles.